The Labute approximate surface area is 120 Å². The van der Waals surface area contributed by atoms with Gasteiger partial charge in [0.2, 0.25) is 0 Å². The van der Waals surface area contributed by atoms with Gasteiger partial charge >= 0.3 is 0 Å². The lowest BCUT2D eigenvalue weighted by molar-refractivity contribution is 0.0775. The Morgan fingerprint density at radius 2 is 2.15 bits per heavy atom. The number of likely N-dealkylation sites (tertiary alicyclic amines) is 1. The number of hydrogen-bond donors (Lipinski definition) is 1. The molecule has 4 heteroatoms. The predicted molar refractivity (Wildman–Crippen MR) is 78.1 cm³/mol. The SMILES string of the molecule is CCOc1ccc(C(=O)N2CCC3(CCNC3)C2)cc1. The fourth-order valence-electron chi connectivity index (χ4n) is 3.30. The fraction of sp³-hybridized carbons (Fsp3) is 0.562. The molecular formula is C16H22N2O2. The molecular weight excluding hydrogens is 252 g/mol. The maximum atomic E-state index is 12.5. The third-order valence-corrected chi connectivity index (χ3v) is 4.47. The summed E-state index contributed by atoms with van der Waals surface area (Å²) in [6.07, 6.45) is 2.32. The van der Waals surface area contributed by atoms with Crippen LogP contribution >= 0.6 is 0 Å². The first kappa shape index (κ1) is 13.4. The number of rotatable bonds is 3. The van der Waals surface area contributed by atoms with Gasteiger partial charge in [0.25, 0.3) is 5.91 Å². The van der Waals surface area contributed by atoms with Crippen molar-refractivity contribution in [2.24, 2.45) is 5.41 Å². The molecule has 1 atom stereocenters. The van der Waals surface area contributed by atoms with Crippen molar-refractivity contribution in [3.8, 4) is 5.75 Å². The van der Waals surface area contributed by atoms with E-state index in [1.807, 2.05) is 36.1 Å². The summed E-state index contributed by atoms with van der Waals surface area (Å²) in [7, 11) is 0. The Bertz CT molecular complexity index is 478. The van der Waals surface area contributed by atoms with Crippen molar-refractivity contribution in [1.29, 1.82) is 0 Å². The molecule has 2 aliphatic rings. The molecule has 108 valence electrons. The predicted octanol–water partition coefficient (Wildman–Crippen LogP) is 1.91. The maximum Gasteiger partial charge on any atom is 0.253 e. The lowest BCUT2D eigenvalue weighted by Gasteiger charge is -2.22. The van der Waals surface area contributed by atoms with Gasteiger partial charge < -0.3 is 15.0 Å². The van der Waals surface area contributed by atoms with Gasteiger partial charge in [-0.2, -0.15) is 0 Å². The van der Waals surface area contributed by atoms with Crippen molar-refractivity contribution in [3.05, 3.63) is 29.8 Å². The van der Waals surface area contributed by atoms with E-state index in [1.54, 1.807) is 0 Å². The minimum absolute atomic E-state index is 0.150. The fourth-order valence-corrected chi connectivity index (χ4v) is 3.30. The Morgan fingerprint density at radius 1 is 1.35 bits per heavy atom. The highest BCUT2D eigenvalue weighted by molar-refractivity contribution is 5.94. The molecule has 3 rings (SSSR count). The highest BCUT2D eigenvalue weighted by Crippen LogP contribution is 2.36. The summed E-state index contributed by atoms with van der Waals surface area (Å²) >= 11 is 0. The minimum atomic E-state index is 0.150. The number of nitrogens with one attached hydrogen (secondary N) is 1. The van der Waals surface area contributed by atoms with E-state index < -0.39 is 0 Å². The molecule has 0 saturated carbocycles. The topological polar surface area (TPSA) is 41.6 Å². The van der Waals surface area contributed by atoms with E-state index in [4.69, 9.17) is 4.74 Å². The zero-order valence-electron chi connectivity index (χ0n) is 12.0. The van der Waals surface area contributed by atoms with Gasteiger partial charge in [-0.3, -0.25) is 4.79 Å². The van der Waals surface area contributed by atoms with Gasteiger partial charge in [-0.05, 0) is 50.6 Å². The summed E-state index contributed by atoms with van der Waals surface area (Å²) in [4.78, 5) is 14.5. The number of ether oxygens (including phenoxy) is 1. The van der Waals surface area contributed by atoms with Crippen LogP contribution in [0.4, 0.5) is 0 Å². The van der Waals surface area contributed by atoms with Gasteiger partial charge in [-0.15, -0.1) is 0 Å². The van der Waals surface area contributed by atoms with Crippen LogP contribution in [-0.2, 0) is 0 Å². The molecule has 0 radical (unpaired) electrons. The number of benzene rings is 1. The van der Waals surface area contributed by atoms with Crippen LogP contribution in [0.25, 0.3) is 0 Å². The molecule has 2 heterocycles. The molecule has 1 spiro atoms. The zero-order valence-corrected chi connectivity index (χ0v) is 12.0. The normalized spacial score (nSPS) is 25.4. The summed E-state index contributed by atoms with van der Waals surface area (Å²) in [6.45, 7) is 6.53. The molecule has 2 fully saturated rings. The van der Waals surface area contributed by atoms with Gasteiger partial charge in [0.05, 0.1) is 6.61 Å². The van der Waals surface area contributed by atoms with Gasteiger partial charge in [0.15, 0.2) is 0 Å². The van der Waals surface area contributed by atoms with Gasteiger partial charge in [0, 0.05) is 30.6 Å². The molecule has 0 bridgehead atoms. The molecule has 4 nitrogen and oxygen atoms in total. The number of carbonyl (C=O) groups is 1. The third-order valence-electron chi connectivity index (χ3n) is 4.47. The maximum absolute atomic E-state index is 12.5. The summed E-state index contributed by atoms with van der Waals surface area (Å²) in [5, 5.41) is 3.42. The first-order chi connectivity index (χ1) is 9.72. The van der Waals surface area contributed by atoms with E-state index in [-0.39, 0.29) is 5.91 Å². The quantitative estimate of drug-likeness (QED) is 0.915. The van der Waals surface area contributed by atoms with Crippen LogP contribution in [0.15, 0.2) is 24.3 Å². The van der Waals surface area contributed by atoms with E-state index in [2.05, 4.69) is 5.32 Å². The summed E-state index contributed by atoms with van der Waals surface area (Å²) in [6, 6.07) is 7.48. The summed E-state index contributed by atoms with van der Waals surface area (Å²) in [5.74, 6) is 0.971. The van der Waals surface area contributed by atoms with E-state index in [1.165, 1.54) is 6.42 Å². The highest BCUT2D eigenvalue weighted by Gasteiger charge is 2.41. The van der Waals surface area contributed by atoms with Crippen LogP contribution in [0.3, 0.4) is 0 Å². The van der Waals surface area contributed by atoms with E-state index in [9.17, 15) is 4.79 Å². The second-order valence-corrected chi connectivity index (χ2v) is 5.86. The van der Waals surface area contributed by atoms with Crippen LogP contribution in [0.5, 0.6) is 5.75 Å². The van der Waals surface area contributed by atoms with E-state index in [0.29, 0.717) is 12.0 Å². The van der Waals surface area contributed by atoms with Gasteiger partial charge in [-0.25, -0.2) is 0 Å². The first-order valence-electron chi connectivity index (χ1n) is 7.45. The van der Waals surface area contributed by atoms with Crippen molar-refractivity contribution in [3.63, 3.8) is 0 Å². The zero-order chi connectivity index (χ0) is 14.0. The smallest absolute Gasteiger partial charge is 0.253 e. The second-order valence-electron chi connectivity index (χ2n) is 5.86. The molecule has 1 aromatic rings. The van der Waals surface area contributed by atoms with Crippen LogP contribution in [0.2, 0.25) is 0 Å². The van der Waals surface area contributed by atoms with Crippen molar-refractivity contribution >= 4 is 5.91 Å². The molecule has 2 aliphatic heterocycles. The van der Waals surface area contributed by atoms with E-state index in [0.717, 1.165) is 43.9 Å². The first-order valence-corrected chi connectivity index (χ1v) is 7.45. The van der Waals surface area contributed by atoms with Crippen LogP contribution in [0, 0.1) is 5.41 Å². The Hall–Kier alpha value is -1.55. The lowest BCUT2D eigenvalue weighted by Crippen LogP contribution is -2.33. The molecule has 1 unspecified atom stereocenters. The molecule has 0 aromatic heterocycles. The second kappa shape index (κ2) is 5.44. The number of amides is 1. The van der Waals surface area contributed by atoms with Crippen molar-refractivity contribution < 1.29 is 9.53 Å². The van der Waals surface area contributed by atoms with Crippen LogP contribution in [-0.4, -0.2) is 43.6 Å². The Balaban J connectivity index is 1.67. The number of hydrogen-bond acceptors (Lipinski definition) is 3. The van der Waals surface area contributed by atoms with Crippen LogP contribution < -0.4 is 10.1 Å². The van der Waals surface area contributed by atoms with Crippen molar-refractivity contribution in [1.82, 2.24) is 10.2 Å². The molecule has 20 heavy (non-hydrogen) atoms. The van der Waals surface area contributed by atoms with Crippen molar-refractivity contribution in [2.75, 3.05) is 32.8 Å². The Morgan fingerprint density at radius 3 is 2.80 bits per heavy atom. The summed E-state index contributed by atoms with van der Waals surface area (Å²) in [5.41, 5.74) is 1.09. The standard InChI is InChI=1S/C16H22N2O2/c1-2-20-14-5-3-13(4-6-14)15(19)18-10-8-16(12-18)7-9-17-11-16/h3-6,17H,2,7-12H2,1H3. The highest BCUT2D eigenvalue weighted by atomic mass is 16.5. The lowest BCUT2D eigenvalue weighted by atomic mass is 9.86. The number of nitrogens with zero attached hydrogens (tertiary/aromatic N) is 1. The Kier molecular flexibility index (Phi) is 3.66. The average Bonchev–Trinajstić information content (AvgIpc) is 3.10. The third kappa shape index (κ3) is 2.52. The monoisotopic (exact) mass is 274 g/mol. The molecule has 1 aromatic carbocycles. The summed E-state index contributed by atoms with van der Waals surface area (Å²) < 4.78 is 5.41. The molecule has 0 aliphatic carbocycles. The largest absolute Gasteiger partial charge is 0.494 e. The average molecular weight is 274 g/mol. The minimum Gasteiger partial charge on any atom is -0.494 e. The molecule has 2 saturated heterocycles. The van der Waals surface area contributed by atoms with E-state index >= 15 is 0 Å². The van der Waals surface area contributed by atoms with Gasteiger partial charge in [-0.1, -0.05) is 0 Å². The van der Waals surface area contributed by atoms with Crippen molar-refractivity contribution in [2.45, 2.75) is 19.8 Å². The van der Waals surface area contributed by atoms with Gasteiger partial charge in [0.1, 0.15) is 5.75 Å². The molecule has 1 amide bonds. The number of carbonyl (C=O) groups excluding carboxylic acids is 1. The van der Waals surface area contributed by atoms with Crippen LogP contribution in [0.1, 0.15) is 30.1 Å². The molecule has 1 N–H and O–H groups in total.